The summed E-state index contributed by atoms with van der Waals surface area (Å²) in [6, 6.07) is 9.82. The molecular formula is C16H20N2O2. The first-order valence-electron chi connectivity index (χ1n) is 7.17. The number of pyridine rings is 1. The summed E-state index contributed by atoms with van der Waals surface area (Å²) in [6.45, 7) is 4.46. The molecule has 4 nitrogen and oxygen atoms in total. The van der Waals surface area contributed by atoms with Crippen LogP contribution in [-0.2, 0) is 11.3 Å². The normalized spacial score (nSPS) is 22.4. The van der Waals surface area contributed by atoms with Crippen LogP contribution in [0, 0.1) is 5.92 Å². The SMILES string of the molecule is CC1OCCC1CNCc1cc2ccccc2[nH]c1=O. The third kappa shape index (κ3) is 2.76. The molecule has 1 aromatic carbocycles. The van der Waals surface area contributed by atoms with Crippen molar-refractivity contribution in [3.05, 3.63) is 46.2 Å². The summed E-state index contributed by atoms with van der Waals surface area (Å²) >= 11 is 0. The Morgan fingerprint density at radius 3 is 3.05 bits per heavy atom. The highest BCUT2D eigenvalue weighted by atomic mass is 16.5. The van der Waals surface area contributed by atoms with Crippen molar-refractivity contribution in [3.63, 3.8) is 0 Å². The van der Waals surface area contributed by atoms with Gasteiger partial charge in [0.2, 0.25) is 0 Å². The lowest BCUT2D eigenvalue weighted by Gasteiger charge is -2.14. The largest absolute Gasteiger partial charge is 0.378 e. The van der Waals surface area contributed by atoms with Gasteiger partial charge in [0.05, 0.1) is 6.10 Å². The Labute approximate surface area is 118 Å². The van der Waals surface area contributed by atoms with E-state index in [9.17, 15) is 4.79 Å². The van der Waals surface area contributed by atoms with Gasteiger partial charge in [-0.3, -0.25) is 4.79 Å². The summed E-state index contributed by atoms with van der Waals surface area (Å²) in [7, 11) is 0. The van der Waals surface area contributed by atoms with Gasteiger partial charge >= 0.3 is 0 Å². The van der Waals surface area contributed by atoms with E-state index in [1.807, 2.05) is 30.3 Å². The zero-order valence-electron chi connectivity index (χ0n) is 11.7. The summed E-state index contributed by atoms with van der Waals surface area (Å²) in [5.74, 6) is 0.550. The first-order valence-corrected chi connectivity index (χ1v) is 7.17. The molecule has 106 valence electrons. The molecule has 2 heterocycles. The molecule has 1 aliphatic heterocycles. The molecule has 1 fully saturated rings. The molecule has 20 heavy (non-hydrogen) atoms. The van der Waals surface area contributed by atoms with Gasteiger partial charge in [0, 0.05) is 30.8 Å². The van der Waals surface area contributed by atoms with Gasteiger partial charge in [-0.1, -0.05) is 18.2 Å². The highest BCUT2D eigenvalue weighted by Gasteiger charge is 2.23. The quantitative estimate of drug-likeness (QED) is 0.895. The molecule has 0 radical (unpaired) electrons. The Hall–Kier alpha value is -1.65. The fourth-order valence-electron chi connectivity index (χ4n) is 2.76. The highest BCUT2D eigenvalue weighted by molar-refractivity contribution is 5.78. The number of hydrogen-bond acceptors (Lipinski definition) is 3. The number of hydrogen-bond donors (Lipinski definition) is 2. The summed E-state index contributed by atoms with van der Waals surface area (Å²) in [5.41, 5.74) is 1.67. The molecule has 4 heteroatoms. The Bertz CT molecular complexity index is 650. The fraction of sp³-hybridized carbons (Fsp3) is 0.438. The van der Waals surface area contributed by atoms with Gasteiger partial charge in [-0.2, -0.15) is 0 Å². The van der Waals surface area contributed by atoms with Crippen LogP contribution in [0.3, 0.4) is 0 Å². The van der Waals surface area contributed by atoms with Crippen LogP contribution in [0.25, 0.3) is 10.9 Å². The van der Waals surface area contributed by atoms with Crippen molar-refractivity contribution in [2.45, 2.75) is 26.0 Å². The van der Waals surface area contributed by atoms with E-state index in [0.717, 1.165) is 36.0 Å². The second-order valence-corrected chi connectivity index (χ2v) is 5.47. The number of aromatic nitrogens is 1. The summed E-state index contributed by atoms with van der Waals surface area (Å²) < 4.78 is 5.54. The number of fused-ring (bicyclic) bond motifs is 1. The standard InChI is InChI=1S/C16H20N2O2/c1-11-13(6-7-20-11)9-17-10-14-8-12-4-2-3-5-15(12)18-16(14)19/h2-5,8,11,13,17H,6-7,9-10H2,1H3,(H,18,19). The maximum Gasteiger partial charge on any atom is 0.252 e. The first-order chi connectivity index (χ1) is 9.74. The van der Waals surface area contributed by atoms with Gasteiger partial charge in [-0.05, 0) is 36.8 Å². The van der Waals surface area contributed by atoms with Crippen molar-refractivity contribution >= 4 is 10.9 Å². The number of benzene rings is 1. The maximum absolute atomic E-state index is 12.0. The van der Waals surface area contributed by atoms with E-state index in [1.165, 1.54) is 0 Å². The molecule has 0 saturated carbocycles. The van der Waals surface area contributed by atoms with Crippen LogP contribution in [0.15, 0.2) is 35.1 Å². The van der Waals surface area contributed by atoms with Gasteiger partial charge in [-0.25, -0.2) is 0 Å². The summed E-state index contributed by atoms with van der Waals surface area (Å²) in [6.07, 6.45) is 1.42. The van der Waals surface area contributed by atoms with E-state index in [-0.39, 0.29) is 5.56 Å². The molecule has 2 aromatic rings. The average Bonchev–Trinajstić information content (AvgIpc) is 2.85. The van der Waals surface area contributed by atoms with Crippen molar-refractivity contribution in [1.29, 1.82) is 0 Å². The molecule has 3 rings (SSSR count). The predicted molar refractivity (Wildman–Crippen MR) is 79.8 cm³/mol. The zero-order chi connectivity index (χ0) is 13.9. The lowest BCUT2D eigenvalue weighted by Crippen LogP contribution is -2.28. The molecule has 0 aliphatic carbocycles. The molecule has 2 unspecified atom stereocenters. The van der Waals surface area contributed by atoms with E-state index >= 15 is 0 Å². The van der Waals surface area contributed by atoms with Gasteiger partial charge in [0.25, 0.3) is 5.56 Å². The van der Waals surface area contributed by atoms with Gasteiger partial charge < -0.3 is 15.0 Å². The lowest BCUT2D eigenvalue weighted by molar-refractivity contribution is 0.105. The number of H-pyrrole nitrogens is 1. The molecular weight excluding hydrogens is 252 g/mol. The Morgan fingerprint density at radius 2 is 2.25 bits per heavy atom. The maximum atomic E-state index is 12.0. The average molecular weight is 272 g/mol. The molecule has 1 aliphatic rings. The van der Waals surface area contributed by atoms with Crippen molar-refractivity contribution in [3.8, 4) is 0 Å². The second-order valence-electron chi connectivity index (χ2n) is 5.47. The van der Waals surface area contributed by atoms with Crippen molar-refractivity contribution in [2.75, 3.05) is 13.2 Å². The molecule has 1 saturated heterocycles. The number of para-hydroxylation sites is 1. The van der Waals surface area contributed by atoms with E-state index < -0.39 is 0 Å². The van der Waals surface area contributed by atoms with Crippen molar-refractivity contribution in [1.82, 2.24) is 10.3 Å². The van der Waals surface area contributed by atoms with E-state index in [2.05, 4.69) is 17.2 Å². The van der Waals surface area contributed by atoms with Gasteiger partial charge in [-0.15, -0.1) is 0 Å². The van der Waals surface area contributed by atoms with Crippen LogP contribution in [0.2, 0.25) is 0 Å². The topological polar surface area (TPSA) is 54.1 Å². The molecule has 2 atom stereocenters. The van der Waals surface area contributed by atoms with Crippen LogP contribution in [0.5, 0.6) is 0 Å². The molecule has 2 N–H and O–H groups in total. The van der Waals surface area contributed by atoms with Gasteiger partial charge in [0.15, 0.2) is 0 Å². The van der Waals surface area contributed by atoms with Gasteiger partial charge in [0.1, 0.15) is 0 Å². The third-order valence-corrected chi connectivity index (χ3v) is 4.09. The zero-order valence-corrected chi connectivity index (χ0v) is 11.7. The van der Waals surface area contributed by atoms with Crippen LogP contribution < -0.4 is 10.9 Å². The highest BCUT2D eigenvalue weighted by Crippen LogP contribution is 2.19. The minimum absolute atomic E-state index is 0.00748. The van der Waals surface area contributed by atoms with E-state index in [0.29, 0.717) is 18.6 Å². The lowest BCUT2D eigenvalue weighted by atomic mass is 10.0. The molecule has 0 bridgehead atoms. The Balaban J connectivity index is 1.68. The number of rotatable bonds is 4. The van der Waals surface area contributed by atoms with Crippen LogP contribution in [0.4, 0.5) is 0 Å². The minimum atomic E-state index is -0.00748. The number of ether oxygens (including phenoxy) is 1. The predicted octanol–water partition coefficient (Wildman–Crippen LogP) is 2.04. The molecule has 1 aromatic heterocycles. The molecule has 0 amide bonds. The Morgan fingerprint density at radius 1 is 1.40 bits per heavy atom. The number of aromatic amines is 1. The van der Waals surface area contributed by atoms with Crippen molar-refractivity contribution in [2.24, 2.45) is 5.92 Å². The van der Waals surface area contributed by atoms with E-state index in [4.69, 9.17) is 4.74 Å². The third-order valence-electron chi connectivity index (χ3n) is 4.09. The monoisotopic (exact) mass is 272 g/mol. The Kier molecular flexibility index (Phi) is 3.85. The van der Waals surface area contributed by atoms with Crippen LogP contribution in [0.1, 0.15) is 18.9 Å². The van der Waals surface area contributed by atoms with Crippen LogP contribution >= 0.6 is 0 Å². The summed E-state index contributed by atoms with van der Waals surface area (Å²) in [5, 5.41) is 4.45. The first kappa shape index (κ1) is 13.3. The smallest absolute Gasteiger partial charge is 0.252 e. The number of nitrogens with one attached hydrogen (secondary N) is 2. The minimum Gasteiger partial charge on any atom is -0.378 e. The van der Waals surface area contributed by atoms with Crippen LogP contribution in [-0.4, -0.2) is 24.2 Å². The fourth-order valence-corrected chi connectivity index (χ4v) is 2.76. The van der Waals surface area contributed by atoms with Crippen molar-refractivity contribution < 1.29 is 4.74 Å². The second kappa shape index (κ2) is 5.77. The summed E-state index contributed by atoms with van der Waals surface area (Å²) in [4.78, 5) is 14.9. The molecule has 0 spiro atoms. The van der Waals surface area contributed by atoms with E-state index in [1.54, 1.807) is 0 Å².